The van der Waals surface area contributed by atoms with Crippen LogP contribution in [0.25, 0.3) is 0 Å². The van der Waals surface area contributed by atoms with Crippen molar-refractivity contribution in [1.29, 1.82) is 0 Å². The lowest BCUT2D eigenvalue weighted by Crippen LogP contribution is -2.14. The molecule has 0 spiro atoms. The minimum atomic E-state index is -0.533. The van der Waals surface area contributed by atoms with Crippen LogP contribution in [-0.2, 0) is 0 Å². The summed E-state index contributed by atoms with van der Waals surface area (Å²) in [7, 11) is 0. The summed E-state index contributed by atoms with van der Waals surface area (Å²) in [5.41, 5.74) is 6.64. The average Bonchev–Trinajstić information content (AvgIpc) is 2.47. The van der Waals surface area contributed by atoms with E-state index in [1.54, 1.807) is 30.3 Å². The van der Waals surface area contributed by atoms with Gasteiger partial charge in [0.2, 0.25) is 5.75 Å². The van der Waals surface area contributed by atoms with Crippen molar-refractivity contribution in [2.24, 2.45) is 10.9 Å². The highest BCUT2D eigenvalue weighted by molar-refractivity contribution is 5.99. The lowest BCUT2D eigenvalue weighted by molar-refractivity contribution is -0.385. The van der Waals surface area contributed by atoms with E-state index in [0.29, 0.717) is 5.56 Å². The Morgan fingerprint density at radius 3 is 2.67 bits per heavy atom. The molecular weight excluding hydrogens is 274 g/mol. The molecule has 0 aliphatic rings. The first-order valence-corrected chi connectivity index (χ1v) is 6.02. The molecule has 0 radical (unpaired) electrons. The van der Waals surface area contributed by atoms with Gasteiger partial charge in [0.05, 0.1) is 10.5 Å². The Morgan fingerprint density at radius 1 is 1.29 bits per heavy atom. The van der Waals surface area contributed by atoms with Crippen LogP contribution in [0.5, 0.6) is 11.5 Å². The molecule has 3 N–H and O–H groups in total. The van der Waals surface area contributed by atoms with Gasteiger partial charge in [-0.2, -0.15) is 0 Å². The third kappa shape index (κ3) is 3.08. The Labute approximate surface area is 120 Å². The number of nitrogens with zero attached hydrogens (tertiary/aromatic N) is 2. The maximum atomic E-state index is 11.0. The van der Waals surface area contributed by atoms with E-state index >= 15 is 0 Å². The summed E-state index contributed by atoms with van der Waals surface area (Å²) in [5, 5.41) is 22.7. The summed E-state index contributed by atoms with van der Waals surface area (Å²) in [6.07, 6.45) is 0. The van der Waals surface area contributed by atoms with Gasteiger partial charge in [0.15, 0.2) is 5.84 Å². The van der Waals surface area contributed by atoms with Crippen molar-refractivity contribution in [2.45, 2.75) is 6.92 Å². The van der Waals surface area contributed by atoms with Crippen molar-refractivity contribution in [1.82, 2.24) is 0 Å². The van der Waals surface area contributed by atoms with E-state index in [1.165, 1.54) is 12.1 Å². The fourth-order valence-corrected chi connectivity index (χ4v) is 1.79. The molecule has 0 heterocycles. The molecule has 0 saturated carbocycles. The van der Waals surface area contributed by atoms with Crippen LogP contribution in [0.2, 0.25) is 0 Å². The van der Waals surface area contributed by atoms with E-state index in [1.807, 2.05) is 6.92 Å². The van der Waals surface area contributed by atoms with Crippen LogP contribution in [0, 0.1) is 17.0 Å². The Kier molecular flexibility index (Phi) is 4.03. The van der Waals surface area contributed by atoms with Gasteiger partial charge in [-0.25, -0.2) is 0 Å². The van der Waals surface area contributed by atoms with E-state index in [-0.39, 0.29) is 23.0 Å². The summed E-state index contributed by atoms with van der Waals surface area (Å²) in [4.78, 5) is 10.5. The van der Waals surface area contributed by atoms with E-state index < -0.39 is 4.92 Å². The SMILES string of the molecule is Cc1ccc(C(N)=NO)c(Oc2ccccc2[N+](=O)[O-])c1. The monoisotopic (exact) mass is 287 g/mol. The second-order valence-corrected chi connectivity index (χ2v) is 4.31. The number of ether oxygens (including phenoxy) is 1. The summed E-state index contributed by atoms with van der Waals surface area (Å²) < 4.78 is 5.59. The van der Waals surface area contributed by atoms with Gasteiger partial charge in [0.25, 0.3) is 0 Å². The number of nitrogens with two attached hydrogens (primary N) is 1. The zero-order chi connectivity index (χ0) is 15.4. The summed E-state index contributed by atoms with van der Waals surface area (Å²) in [5.74, 6) is 0.225. The average molecular weight is 287 g/mol. The molecule has 7 nitrogen and oxygen atoms in total. The zero-order valence-corrected chi connectivity index (χ0v) is 11.2. The van der Waals surface area contributed by atoms with E-state index in [9.17, 15) is 10.1 Å². The number of para-hydroxylation sites is 2. The van der Waals surface area contributed by atoms with Gasteiger partial charge in [-0.15, -0.1) is 0 Å². The number of rotatable bonds is 4. The smallest absolute Gasteiger partial charge is 0.311 e. The van der Waals surface area contributed by atoms with Crippen molar-refractivity contribution in [3.05, 3.63) is 63.7 Å². The number of benzene rings is 2. The van der Waals surface area contributed by atoms with E-state index in [0.717, 1.165) is 5.56 Å². The molecule has 0 aromatic heterocycles. The zero-order valence-electron chi connectivity index (χ0n) is 11.2. The van der Waals surface area contributed by atoms with Crippen molar-refractivity contribution >= 4 is 11.5 Å². The van der Waals surface area contributed by atoms with Crippen molar-refractivity contribution < 1.29 is 14.9 Å². The lowest BCUT2D eigenvalue weighted by atomic mass is 10.1. The molecule has 7 heteroatoms. The number of amidine groups is 1. The van der Waals surface area contributed by atoms with Gasteiger partial charge < -0.3 is 15.7 Å². The van der Waals surface area contributed by atoms with Gasteiger partial charge in [-0.3, -0.25) is 10.1 Å². The Morgan fingerprint density at radius 2 is 2.00 bits per heavy atom. The number of hydrogen-bond acceptors (Lipinski definition) is 5. The molecule has 0 unspecified atom stereocenters. The minimum absolute atomic E-state index is 0.0834. The van der Waals surface area contributed by atoms with Crippen LogP contribution in [0.3, 0.4) is 0 Å². The summed E-state index contributed by atoms with van der Waals surface area (Å²) in [6, 6.07) is 11.0. The fraction of sp³-hybridized carbons (Fsp3) is 0.0714. The largest absolute Gasteiger partial charge is 0.449 e. The molecule has 0 aliphatic carbocycles. The molecule has 0 bridgehead atoms. The van der Waals surface area contributed by atoms with Gasteiger partial charge in [-0.05, 0) is 30.7 Å². The van der Waals surface area contributed by atoms with Crippen LogP contribution in [-0.4, -0.2) is 16.0 Å². The number of nitro groups is 1. The topological polar surface area (TPSA) is 111 Å². The first-order chi connectivity index (χ1) is 10.0. The van der Waals surface area contributed by atoms with Crippen LogP contribution >= 0.6 is 0 Å². The molecular formula is C14H13N3O4. The van der Waals surface area contributed by atoms with Crippen molar-refractivity contribution in [3.8, 4) is 11.5 Å². The first-order valence-electron chi connectivity index (χ1n) is 6.02. The van der Waals surface area contributed by atoms with E-state index in [4.69, 9.17) is 15.7 Å². The molecule has 2 rings (SSSR count). The fourth-order valence-electron chi connectivity index (χ4n) is 1.79. The molecule has 2 aromatic rings. The number of nitro benzene ring substituents is 1. The molecule has 21 heavy (non-hydrogen) atoms. The molecule has 2 aromatic carbocycles. The van der Waals surface area contributed by atoms with Crippen LogP contribution in [0.1, 0.15) is 11.1 Å². The predicted octanol–water partition coefficient (Wildman–Crippen LogP) is 2.79. The molecule has 0 aliphatic heterocycles. The number of hydrogen-bond donors (Lipinski definition) is 2. The quantitative estimate of drug-likeness (QED) is 0.295. The van der Waals surface area contributed by atoms with Crippen molar-refractivity contribution in [3.63, 3.8) is 0 Å². The Hall–Kier alpha value is -3.09. The molecule has 0 atom stereocenters. The number of aryl methyl sites for hydroxylation is 1. The lowest BCUT2D eigenvalue weighted by Gasteiger charge is -2.11. The summed E-state index contributed by atoms with van der Waals surface area (Å²) in [6.45, 7) is 1.84. The maximum Gasteiger partial charge on any atom is 0.311 e. The molecule has 0 saturated heterocycles. The van der Waals surface area contributed by atoms with Crippen LogP contribution < -0.4 is 10.5 Å². The highest BCUT2D eigenvalue weighted by Crippen LogP contribution is 2.33. The Balaban J connectivity index is 2.49. The normalized spacial score (nSPS) is 11.2. The van der Waals surface area contributed by atoms with Gasteiger partial charge in [-0.1, -0.05) is 23.4 Å². The third-order valence-electron chi connectivity index (χ3n) is 2.80. The van der Waals surface area contributed by atoms with Crippen molar-refractivity contribution in [2.75, 3.05) is 0 Å². The summed E-state index contributed by atoms with van der Waals surface area (Å²) >= 11 is 0. The maximum absolute atomic E-state index is 11.0. The van der Waals surface area contributed by atoms with Crippen LogP contribution in [0.15, 0.2) is 47.6 Å². The molecule has 0 fully saturated rings. The number of oxime groups is 1. The van der Waals surface area contributed by atoms with Gasteiger partial charge >= 0.3 is 5.69 Å². The second kappa shape index (κ2) is 5.91. The highest BCUT2D eigenvalue weighted by atomic mass is 16.6. The highest BCUT2D eigenvalue weighted by Gasteiger charge is 2.17. The van der Waals surface area contributed by atoms with Gasteiger partial charge in [0.1, 0.15) is 5.75 Å². The molecule has 108 valence electrons. The van der Waals surface area contributed by atoms with Gasteiger partial charge in [0, 0.05) is 6.07 Å². The van der Waals surface area contributed by atoms with E-state index in [2.05, 4.69) is 5.16 Å². The van der Waals surface area contributed by atoms with Crippen LogP contribution in [0.4, 0.5) is 5.69 Å². The predicted molar refractivity (Wildman–Crippen MR) is 76.9 cm³/mol. The molecule has 0 amide bonds. The standard InChI is InChI=1S/C14H13N3O4/c1-9-6-7-10(14(15)16-18)13(8-9)21-12-5-3-2-4-11(12)17(19)20/h2-8,18H,1H3,(H2,15,16). The second-order valence-electron chi connectivity index (χ2n) is 4.31. The third-order valence-corrected chi connectivity index (χ3v) is 2.80. The first kappa shape index (κ1) is 14.3. The minimum Gasteiger partial charge on any atom is -0.449 e. The Bertz CT molecular complexity index is 713.